The summed E-state index contributed by atoms with van der Waals surface area (Å²) in [6, 6.07) is 10.1. The van der Waals surface area contributed by atoms with Gasteiger partial charge in [0.2, 0.25) is 0 Å². The molecule has 0 bridgehead atoms. The normalized spacial score (nSPS) is 10.2. The Labute approximate surface area is 130 Å². The van der Waals surface area contributed by atoms with Gasteiger partial charge in [-0.2, -0.15) is 5.06 Å². The molecule has 2 rings (SSSR count). The summed E-state index contributed by atoms with van der Waals surface area (Å²) in [7, 11) is 0. The first kappa shape index (κ1) is 14.9. The first-order valence-electron chi connectivity index (χ1n) is 5.48. The molecule has 0 aliphatic heterocycles. The van der Waals surface area contributed by atoms with Gasteiger partial charge in [0, 0.05) is 5.02 Å². The second-order valence-corrected chi connectivity index (χ2v) is 5.04. The SMILES string of the molecule is O=C(Nc1cccc(Cl)c1Cl)N(O)c1ccc(Cl)cc1. The van der Waals surface area contributed by atoms with Crippen LogP contribution in [0, 0.1) is 0 Å². The molecule has 0 spiro atoms. The number of nitrogens with one attached hydrogen (secondary N) is 1. The van der Waals surface area contributed by atoms with Gasteiger partial charge in [0.05, 0.1) is 21.4 Å². The van der Waals surface area contributed by atoms with Gasteiger partial charge in [-0.15, -0.1) is 0 Å². The molecular weight excluding hydrogens is 323 g/mol. The van der Waals surface area contributed by atoms with Crippen LogP contribution in [0.5, 0.6) is 0 Å². The fraction of sp³-hybridized carbons (Fsp3) is 0. The second-order valence-electron chi connectivity index (χ2n) is 3.82. The molecule has 0 heterocycles. The van der Waals surface area contributed by atoms with E-state index >= 15 is 0 Å². The van der Waals surface area contributed by atoms with E-state index in [-0.39, 0.29) is 10.7 Å². The van der Waals surface area contributed by atoms with E-state index in [1.807, 2.05) is 0 Å². The molecule has 0 fully saturated rings. The Morgan fingerprint density at radius 2 is 1.70 bits per heavy atom. The molecule has 2 aromatic rings. The highest BCUT2D eigenvalue weighted by Gasteiger charge is 2.15. The van der Waals surface area contributed by atoms with E-state index in [1.54, 1.807) is 30.3 Å². The third kappa shape index (κ3) is 3.35. The lowest BCUT2D eigenvalue weighted by atomic mass is 10.3. The molecule has 2 aromatic carbocycles. The molecule has 2 amide bonds. The van der Waals surface area contributed by atoms with Crippen LogP contribution in [0.4, 0.5) is 16.2 Å². The Bertz CT molecular complexity index is 632. The fourth-order valence-electron chi connectivity index (χ4n) is 1.47. The molecule has 0 unspecified atom stereocenters. The highest BCUT2D eigenvalue weighted by atomic mass is 35.5. The largest absolute Gasteiger partial charge is 0.350 e. The van der Waals surface area contributed by atoms with Crippen LogP contribution in [0.2, 0.25) is 15.1 Å². The number of hydrogen-bond acceptors (Lipinski definition) is 2. The summed E-state index contributed by atoms with van der Waals surface area (Å²) in [5, 5.41) is 13.7. The molecule has 0 aliphatic rings. The van der Waals surface area contributed by atoms with Crippen molar-refractivity contribution in [3.05, 3.63) is 57.5 Å². The minimum absolute atomic E-state index is 0.201. The van der Waals surface area contributed by atoms with Crippen LogP contribution >= 0.6 is 34.8 Å². The van der Waals surface area contributed by atoms with Gasteiger partial charge in [-0.05, 0) is 36.4 Å². The molecule has 0 aromatic heterocycles. The summed E-state index contributed by atoms with van der Waals surface area (Å²) in [5.41, 5.74) is 0.572. The minimum Gasteiger partial charge on any atom is -0.304 e. The van der Waals surface area contributed by atoms with Crippen LogP contribution in [0.25, 0.3) is 0 Å². The van der Waals surface area contributed by atoms with E-state index < -0.39 is 6.03 Å². The zero-order valence-corrected chi connectivity index (χ0v) is 12.2. The number of hydroxylamine groups is 1. The molecule has 7 heteroatoms. The number of amides is 2. The van der Waals surface area contributed by atoms with Gasteiger partial charge >= 0.3 is 6.03 Å². The Kier molecular flexibility index (Phi) is 4.73. The highest BCUT2D eigenvalue weighted by molar-refractivity contribution is 6.44. The first-order chi connectivity index (χ1) is 9.49. The predicted molar refractivity (Wildman–Crippen MR) is 81.2 cm³/mol. The summed E-state index contributed by atoms with van der Waals surface area (Å²) in [4.78, 5) is 11.9. The van der Waals surface area contributed by atoms with Gasteiger partial charge in [-0.25, -0.2) is 4.79 Å². The number of nitrogens with zero attached hydrogens (tertiary/aromatic N) is 1. The average molecular weight is 332 g/mol. The molecule has 0 atom stereocenters. The van der Waals surface area contributed by atoms with Crippen molar-refractivity contribution in [1.82, 2.24) is 0 Å². The van der Waals surface area contributed by atoms with E-state index in [2.05, 4.69) is 5.32 Å². The lowest BCUT2D eigenvalue weighted by Crippen LogP contribution is -2.31. The number of anilines is 2. The van der Waals surface area contributed by atoms with Crippen molar-refractivity contribution in [1.29, 1.82) is 0 Å². The van der Waals surface area contributed by atoms with Crippen LogP contribution in [0.15, 0.2) is 42.5 Å². The standard InChI is InChI=1S/C13H9Cl3N2O2/c14-8-4-6-9(7-5-8)18(20)13(19)17-11-3-1-2-10(15)12(11)16/h1-7,20H,(H,17,19). The molecule has 104 valence electrons. The second kappa shape index (κ2) is 6.33. The molecule has 2 N–H and O–H groups in total. The van der Waals surface area contributed by atoms with Crippen molar-refractivity contribution in [2.45, 2.75) is 0 Å². The number of hydrogen-bond donors (Lipinski definition) is 2. The maximum atomic E-state index is 11.9. The third-order valence-electron chi connectivity index (χ3n) is 2.46. The van der Waals surface area contributed by atoms with Crippen molar-refractivity contribution < 1.29 is 10.0 Å². The summed E-state index contributed by atoms with van der Waals surface area (Å²) in [6.45, 7) is 0. The number of rotatable bonds is 2. The zero-order chi connectivity index (χ0) is 14.7. The molecular formula is C13H9Cl3N2O2. The Morgan fingerprint density at radius 1 is 1.05 bits per heavy atom. The number of urea groups is 1. The number of halogens is 3. The van der Waals surface area contributed by atoms with E-state index in [4.69, 9.17) is 34.8 Å². The number of benzene rings is 2. The van der Waals surface area contributed by atoms with Crippen LogP contribution < -0.4 is 10.4 Å². The van der Waals surface area contributed by atoms with Crippen molar-refractivity contribution >= 4 is 52.2 Å². The average Bonchev–Trinajstić information content (AvgIpc) is 2.44. The molecule has 20 heavy (non-hydrogen) atoms. The van der Waals surface area contributed by atoms with Gasteiger partial charge in [0.1, 0.15) is 0 Å². The number of carbonyl (C=O) groups is 1. The van der Waals surface area contributed by atoms with E-state index in [0.29, 0.717) is 20.8 Å². The molecule has 4 nitrogen and oxygen atoms in total. The Hall–Kier alpha value is -1.46. The van der Waals surface area contributed by atoms with Crippen LogP contribution in [0.3, 0.4) is 0 Å². The van der Waals surface area contributed by atoms with E-state index in [1.165, 1.54) is 12.1 Å². The van der Waals surface area contributed by atoms with Gasteiger partial charge in [0.15, 0.2) is 0 Å². The van der Waals surface area contributed by atoms with Crippen molar-refractivity contribution in [3.8, 4) is 0 Å². The predicted octanol–water partition coefficient (Wildman–Crippen LogP) is 5.07. The molecule has 0 saturated carbocycles. The zero-order valence-electron chi connectivity index (χ0n) is 9.98. The first-order valence-corrected chi connectivity index (χ1v) is 6.62. The topological polar surface area (TPSA) is 52.6 Å². The quantitative estimate of drug-likeness (QED) is 0.596. The fourth-order valence-corrected chi connectivity index (χ4v) is 1.94. The van der Waals surface area contributed by atoms with Crippen LogP contribution in [0.1, 0.15) is 0 Å². The van der Waals surface area contributed by atoms with Gasteiger partial charge in [-0.3, -0.25) is 5.21 Å². The Morgan fingerprint density at radius 3 is 2.35 bits per heavy atom. The monoisotopic (exact) mass is 330 g/mol. The summed E-state index contributed by atoms with van der Waals surface area (Å²) >= 11 is 17.5. The van der Waals surface area contributed by atoms with Crippen molar-refractivity contribution in [2.75, 3.05) is 10.4 Å². The van der Waals surface area contributed by atoms with Crippen LogP contribution in [-0.2, 0) is 0 Å². The van der Waals surface area contributed by atoms with Crippen molar-refractivity contribution in [3.63, 3.8) is 0 Å². The van der Waals surface area contributed by atoms with Gasteiger partial charge < -0.3 is 5.32 Å². The molecule has 0 saturated heterocycles. The smallest absolute Gasteiger partial charge is 0.304 e. The Balaban J connectivity index is 2.15. The maximum Gasteiger partial charge on any atom is 0.350 e. The number of carbonyl (C=O) groups excluding carboxylic acids is 1. The van der Waals surface area contributed by atoms with Crippen LogP contribution in [-0.4, -0.2) is 11.2 Å². The lowest BCUT2D eigenvalue weighted by Gasteiger charge is -2.16. The maximum absolute atomic E-state index is 11.9. The lowest BCUT2D eigenvalue weighted by molar-refractivity contribution is 0.216. The van der Waals surface area contributed by atoms with E-state index in [9.17, 15) is 10.0 Å². The summed E-state index contributed by atoms with van der Waals surface area (Å²) in [5.74, 6) is 0. The van der Waals surface area contributed by atoms with E-state index in [0.717, 1.165) is 0 Å². The summed E-state index contributed by atoms with van der Waals surface area (Å²) in [6.07, 6.45) is 0. The third-order valence-corrected chi connectivity index (χ3v) is 3.53. The minimum atomic E-state index is -0.767. The van der Waals surface area contributed by atoms with Gasteiger partial charge in [-0.1, -0.05) is 40.9 Å². The van der Waals surface area contributed by atoms with Crippen molar-refractivity contribution in [2.24, 2.45) is 0 Å². The summed E-state index contributed by atoms with van der Waals surface area (Å²) < 4.78 is 0. The molecule has 0 aliphatic carbocycles. The van der Waals surface area contributed by atoms with Gasteiger partial charge in [0.25, 0.3) is 0 Å². The molecule has 0 radical (unpaired) electrons. The highest BCUT2D eigenvalue weighted by Crippen LogP contribution is 2.30.